The zero-order chi connectivity index (χ0) is 49.3. The van der Waals surface area contributed by atoms with E-state index in [1.165, 1.54) is 0 Å². The molecule has 0 aliphatic heterocycles. The molecule has 2 N–H and O–H groups in total. The van der Waals surface area contributed by atoms with Gasteiger partial charge in [0.25, 0.3) is 0 Å². The predicted octanol–water partition coefficient (Wildman–Crippen LogP) is 18.0. The van der Waals surface area contributed by atoms with Crippen molar-refractivity contribution < 1.29 is 13.9 Å². The van der Waals surface area contributed by atoms with Crippen LogP contribution in [0.4, 0.5) is 28.4 Å². The van der Waals surface area contributed by atoms with Crippen molar-refractivity contribution in [1.29, 1.82) is 10.5 Å². The van der Waals surface area contributed by atoms with Gasteiger partial charge in [0.2, 0.25) is 0 Å². The number of allylic oxidation sites excluding steroid dienone is 4. The zero-order valence-corrected chi connectivity index (χ0v) is 39.4. The summed E-state index contributed by atoms with van der Waals surface area (Å²) in [5.74, 6) is 0.296. The van der Waals surface area contributed by atoms with Crippen LogP contribution >= 0.6 is 0 Å². The van der Waals surface area contributed by atoms with Gasteiger partial charge in [-0.1, -0.05) is 158 Å². The zero-order valence-electron chi connectivity index (χ0n) is 39.4. The van der Waals surface area contributed by atoms with Gasteiger partial charge in [-0.15, -0.1) is 0 Å². The van der Waals surface area contributed by atoms with Gasteiger partial charge in [0, 0.05) is 67.5 Å². The van der Waals surface area contributed by atoms with Gasteiger partial charge < -0.3 is 24.2 Å². The van der Waals surface area contributed by atoms with Crippen LogP contribution in [0.3, 0.4) is 0 Å². The fraction of sp³-hybridized carbons (Fsp3) is 0.0303. The van der Waals surface area contributed by atoms with Gasteiger partial charge in [-0.2, -0.15) is 10.5 Å². The van der Waals surface area contributed by atoms with Gasteiger partial charge in [0.1, 0.15) is 22.5 Å². The van der Waals surface area contributed by atoms with E-state index in [-0.39, 0.29) is 5.92 Å². The number of nitriles is 2. The summed E-state index contributed by atoms with van der Waals surface area (Å²) in [6.45, 7) is 0. The van der Waals surface area contributed by atoms with Gasteiger partial charge in [0.05, 0.1) is 40.3 Å². The number of nitrogens with zero attached hydrogens (tertiary/aromatic N) is 3. The molecule has 1 atom stereocenters. The van der Waals surface area contributed by atoms with Crippen molar-refractivity contribution in [3.63, 3.8) is 0 Å². The first-order valence-electron chi connectivity index (χ1n) is 24.2. The van der Waals surface area contributed by atoms with Crippen molar-refractivity contribution in [3.8, 4) is 23.3 Å². The molecule has 1 unspecified atom stereocenters. The first-order valence-corrected chi connectivity index (χ1v) is 24.2. The molecule has 346 valence electrons. The average molecular weight is 941 g/mol. The number of furan rings is 2. The highest BCUT2D eigenvalue weighted by Gasteiger charge is 2.24. The minimum Gasteiger partial charge on any atom is -0.511 e. The number of hydrogen-bond acceptors (Lipinski definition) is 7. The van der Waals surface area contributed by atoms with Crippen molar-refractivity contribution in [2.75, 3.05) is 10.2 Å². The lowest BCUT2D eigenvalue weighted by molar-refractivity contribution is 0.369. The largest absolute Gasteiger partial charge is 0.511 e. The molecule has 0 saturated heterocycles. The van der Waals surface area contributed by atoms with Gasteiger partial charge in [0.15, 0.2) is 5.58 Å². The Morgan fingerprint density at radius 3 is 1.89 bits per heavy atom. The molecule has 0 radical (unpaired) electrons. The normalized spacial score (nSPS) is 13.2. The molecule has 0 amide bonds. The van der Waals surface area contributed by atoms with Gasteiger partial charge >= 0.3 is 0 Å². The molecule has 10 aromatic carbocycles. The van der Waals surface area contributed by atoms with Crippen molar-refractivity contribution in [2.45, 2.75) is 12.3 Å². The molecule has 2 aromatic heterocycles. The minimum absolute atomic E-state index is 0.0870. The second-order valence-corrected chi connectivity index (χ2v) is 18.0. The highest BCUT2D eigenvalue weighted by Crippen LogP contribution is 2.47. The van der Waals surface area contributed by atoms with E-state index >= 15 is 0 Å². The predicted molar refractivity (Wildman–Crippen MR) is 297 cm³/mol. The fourth-order valence-corrected chi connectivity index (χ4v) is 10.2. The van der Waals surface area contributed by atoms with Crippen molar-refractivity contribution in [3.05, 3.63) is 265 Å². The number of para-hydroxylation sites is 2. The van der Waals surface area contributed by atoms with E-state index in [0.29, 0.717) is 16.9 Å². The summed E-state index contributed by atoms with van der Waals surface area (Å²) in [4.78, 5) is 2.18. The van der Waals surface area contributed by atoms with Gasteiger partial charge in [-0.3, -0.25) is 0 Å². The highest BCUT2D eigenvalue weighted by molar-refractivity contribution is 6.22. The molecule has 0 bridgehead atoms. The van der Waals surface area contributed by atoms with E-state index in [4.69, 9.17) is 14.1 Å². The summed E-state index contributed by atoms with van der Waals surface area (Å²) in [6, 6.07) is 79.2. The molecular formula is C66H44N4O3. The Balaban J connectivity index is 0.000000622. The van der Waals surface area contributed by atoms with Crippen molar-refractivity contribution in [2.24, 2.45) is 0 Å². The summed E-state index contributed by atoms with van der Waals surface area (Å²) in [6.07, 6.45) is 4.92. The molecule has 0 fully saturated rings. The lowest BCUT2D eigenvalue weighted by Gasteiger charge is -2.25. The van der Waals surface area contributed by atoms with Crippen molar-refractivity contribution in [1.82, 2.24) is 0 Å². The first-order chi connectivity index (χ1) is 36.0. The van der Waals surface area contributed by atoms with E-state index < -0.39 is 0 Å². The fourth-order valence-electron chi connectivity index (χ4n) is 10.2. The van der Waals surface area contributed by atoms with Gasteiger partial charge in [-0.25, -0.2) is 0 Å². The summed E-state index contributed by atoms with van der Waals surface area (Å²) in [7, 11) is 0. The molecule has 13 rings (SSSR count). The number of benzene rings is 10. The molecule has 12 aromatic rings. The number of aliphatic hydroxyl groups is 1. The summed E-state index contributed by atoms with van der Waals surface area (Å²) >= 11 is 0. The van der Waals surface area contributed by atoms with E-state index in [2.05, 4.69) is 144 Å². The summed E-state index contributed by atoms with van der Waals surface area (Å²) in [5, 5.41) is 39.5. The highest BCUT2D eigenvalue weighted by atomic mass is 16.3. The monoisotopic (exact) mass is 940 g/mol. The van der Waals surface area contributed by atoms with Crippen LogP contribution in [0.25, 0.3) is 71.3 Å². The number of fused-ring (bicyclic) bond motifs is 8. The lowest BCUT2D eigenvalue weighted by atomic mass is 9.85. The Hall–Kier alpha value is -10.1. The van der Waals surface area contributed by atoms with Crippen LogP contribution < -0.4 is 10.2 Å². The second kappa shape index (κ2) is 19.0. The summed E-state index contributed by atoms with van der Waals surface area (Å²) in [5.41, 5.74) is 13.8. The van der Waals surface area contributed by atoms with Crippen LogP contribution in [0.2, 0.25) is 0 Å². The van der Waals surface area contributed by atoms with Crippen LogP contribution in [0.15, 0.2) is 251 Å². The average Bonchev–Trinajstić information content (AvgIpc) is 4.03. The smallest absolute Gasteiger partial charge is 0.159 e. The molecule has 0 spiro atoms. The molecular weight excluding hydrogens is 897 g/mol. The number of hydrogen-bond donors (Lipinski definition) is 2. The molecule has 7 heteroatoms. The number of anilines is 5. The minimum atomic E-state index is -0.0870. The maximum absolute atomic E-state index is 11.6. The Bertz CT molecular complexity index is 4180. The van der Waals surface area contributed by atoms with Crippen molar-refractivity contribution >= 4 is 88.7 Å². The Morgan fingerprint density at radius 1 is 0.507 bits per heavy atom. The third kappa shape index (κ3) is 8.27. The number of rotatable bonds is 8. The Morgan fingerprint density at radius 2 is 1.14 bits per heavy atom. The quantitative estimate of drug-likeness (QED) is 0.156. The molecule has 0 saturated carbocycles. The topological polar surface area (TPSA) is 109 Å². The first kappa shape index (κ1) is 44.1. The van der Waals surface area contributed by atoms with E-state index in [0.717, 1.165) is 117 Å². The molecule has 1 aliphatic carbocycles. The number of aliphatic hydroxyl groups excluding tert-OH is 1. The van der Waals surface area contributed by atoms with Crippen LogP contribution in [-0.4, -0.2) is 5.11 Å². The Labute approximate surface area is 421 Å². The lowest BCUT2D eigenvalue weighted by Crippen LogP contribution is -2.10. The second-order valence-electron chi connectivity index (χ2n) is 18.0. The van der Waals surface area contributed by atoms with Crippen LogP contribution in [0.5, 0.6) is 0 Å². The molecule has 1 aliphatic rings. The van der Waals surface area contributed by atoms with E-state index in [1.807, 2.05) is 103 Å². The SMILES string of the molecule is N#Cc1ccc(N(c2ccc3c(c2)oc2cc(Nc4cccc(C5=C(O)C(c6ccccc6)CC=C5)c4)c4ccccc4c23)c2cccc3c2oc2c(-c4ccccc4)cccc23)cc1.N#Cc1ccccc1. The standard InChI is InChI=1S/C59H39N3O3.C7H5N/c60-36-37-27-29-42(30-28-37)62(53-26-12-25-50-49-24-11-23-46(58(49)65-59(50)53)39-15-5-2-6-16-39)43-31-32-51-54(34-43)64-55-35-52(47-19-7-8-20-48(47)56(51)55)61-41-18-9-17-40(33-41)45-22-10-21-44(57(45)63)38-13-3-1-4-14-38;8-6-7-4-2-1-3-5-7/h1-20,22-35,44,61,63H,21H2;1-5H. The Kier molecular flexibility index (Phi) is 11.5. The summed E-state index contributed by atoms with van der Waals surface area (Å²) < 4.78 is 13.8. The third-order valence-electron chi connectivity index (χ3n) is 13.6. The number of nitrogens with one attached hydrogen (secondary N) is 1. The van der Waals surface area contributed by atoms with Gasteiger partial charge in [-0.05, 0) is 95.2 Å². The van der Waals surface area contributed by atoms with E-state index in [9.17, 15) is 10.4 Å². The molecule has 73 heavy (non-hydrogen) atoms. The molecule has 7 nitrogen and oxygen atoms in total. The molecule has 2 heterocycles. The van der Waals surface area contributed by atoms with Crippen LogP contribution in [0, 0.1) is 22.7 Å². The maximum Gasteiger partial charge on any atom is 0.159 e. The van der Waals surface area contributed by atoms with Crippen LogP contribution in [0.1, 0.15) is 34.6 Å². The van der Waals surface area contributed by atoms with E-state index in [1.54, 1.807) is 12.1 Å². The van der Waals surface area contributed by atoms with Crippen LogP contribution in [-0.2, 0) is 0 Å². The maximum atomic E-state index is 11.6. The third-order valence-corrected chi connectivity index (χ3v) is 13.6.